The van der Waals surface area contributed by atoms with Crippen molar-refractivity contribution in [1.29, 1.82) is 0 Å². The maximum absolute atomic E-state index is 11.9. The van der Waals surface area contributed by atoms with Crippen LogP contribution in [0.1, 0.15) is 52.9 Å². The van der Waals surface area contributed by atoms with Gasteiger partial charge in [-0.15, -0.1) is 0 Å². The molecule has 116 valence electrons. The third-order valence-electron chi connectivity index (χ3n) is 3.50. The van der Waals surface area contributed by atoms with Crippen LogP contribution < -0.4 is 9.47 Å². The fourth-order valence-electron chi connectivity index (χ4n) is 2.01. The number of para-hydroxylation sites is 2. The Bertz CT molecular complexity index is 464. The molecule has 0 aliphatic heterocycles. The van der Waals surface area contributed by atoms with Crippen molar-refractivity contribution in [2.24, 2.45) is 5.92 Å². The molecule has 1 aromatic carbocycles. The predicted octanol–water partition coefficient (Wildman–Crippen LogP) is 4.12. The molecule has 0 aliphatic carbocycles. The van der Waals surface area contributed by atoms with Gasteiger partial charge in [0.15, 0.2) is 11.5 Å². The Morgan fingerprint density at radius 3 is 1.95 bits per heavy atom. The van der Waals surface area contributed by atoms with Crippen molar-refractivity contribution in [1.82, 2.24) is 0 Å². The Hall–Kier alpha value is -1.84. The zero-order chi connectivity index (χ0) is 15.7. The standard InChI is InChI=1S/C17H24O4/c1-4-13(5-2)11-12-17(19)21-15-10-8-7-9-14(15)20-16(18)6-3/h7-10,13H,4-6,11-12H2,1-3H3. The van der Waals surface area contributed by atoms with E-state index in [1.165, 1.54) is 0 Å². The van der Waals surface area contributed by atoms with Crippen LogP contribution in [0, 0.1) is 5.92 Å². The Morgan fingerprint density at radius 1 is 0.952 bits per heavy atom. The molecule has 0 saturated carbocycles. The molecule has 4 heteroatoms. The van der Waals surface area contributed by atoms with Gasteiger partial charge in [-0.25, -0.2) is 0 Å². The number of hydrogen-bond acceptors (Lipinski definition) is 4. The van der Waals surface area contributed by atoms with Gasteiger partial charge in [0.05, 0.1) is 0 Å². The molecule has 21 heavy (non-hydrogen) atoms. The van der Waals surface area contributed by atoms with E-state index in [-0.39, 0.29) is 18.4 Å². The third kappa shape index (κ3) is 5.98. The average molecular weight is 292 g/mol. The number of carbonyl (C=O) groups excluding carboxylic acids is 2. The van der Waals surface area contributed by atoms with E-state index in [0.717, 1.165) is 19.3 Å². The molecule has 0 aromatic heterocycles. The van der Waals surface area contributed by atoms with Crippen molar-refractivity contribution in [2.45, 2.75) is 52.9 Å². The highest BCUT2D eigenvalue weighted by atomic mass is 16.6. The predicted molar refractivity (Wildman–Crippen MR) is 81.3 cm³/mol. The first-order valence-corrected chi connectivity index (χ1v) is 7.61. The van der Waals surface area contributed by atoms with Gasteiger partial charge in [-0.2, -0.15) is 0 Å². The second-order valence-corrected chi connectivity index (χ2v) is 4.97. The molecule has 1 rings (SSSR count). The summed E-state index contributed by atoms with van der Waals surface area (Å²) in [6, 6.07) is 6.73. The molecular weight excluding hydrogens is 268 g/mol. The number of esters is 2. The van der Waals surface area contributed by atoms with E-state index >= 15 is 0 Å². The minimum Gasteiger partial charge on any atom is -0.423 e. The van der Waals surface area contributed by atoms with E-state index in [1.807, 2.05) is 0 Å². The van der Waals surface area contributed by atoms with Crippen molar-refractivity contribution in [2.75, 3.05) is 0 Å². The number of rotatable bonds is 8. The minimum absolute atomic E-state index is 0.275. The van der Waals surface area contributed by atoms with Gasteiger partial charge in [-0.05, 0) is 24.5 Å². The molecule has 0 radical (unpaired) electrons. The van der Waals surface area contributed by atoms with E-state index in [9.17, 15) is 9.59 Å². The highest BCUT2D eigenvalue weighted by molar-refractivity contribution is 5.75. The van der Waals surface area contributed by atoms with Gasteiger partial charge < -0.3 is 9.47 Å². The summed E-state index contributed by atoms with van der Waals surface area (Å²) in [5.74, 6) is 0.497. The molecule has 0 bridgehead atoms. The normalized spacial score (nSPS) is 10.5. The summed E-state index contributed by atoms with van der Waals surface area (Å²) < 4.78 is 10.5. The first kappa shape index (κ1) is 17.2. The molecule has 4 nitrogen and oxygen atoms in total. The second-order valence-electron chi connectivity index (χ2n) is 4.97. The van der Waals surface area contributed by atoms with Crippen molar-refractivity contribution in [3.05, 3.63) is 24.3 Å². The lowest BCUT2D eigenvalue weighted by molar-refractivity contribution is -0.137. The van der Waals surface area contributed by atoms with E-state index in [1.54, 1.807) is 31.2 Å². The fourth-order valence-corrected chi connectivity index (χ4v) is 2.01. The summed E-state index contributed by atoms with van der Waals surface area (Å²) in [5, 5.41) is 0. The zero-order valence-corrected chi connectivity index (χ0v) is 13.1. The van der Waals surface area contributed by atoms with E-state index < -0.39 is 0 Å². The van der Waals surface area contributed by atoms with Crippen LogP contribution in [0.4, 0.5) is 0 Å². The molecule has 0 aliphatic rings. The molecule has 0 N–H and O–H groups in total. The second kappa shape index (κ2) is 9.16. The maximum atomic E-state index is 11.9. The lowest BCUT2D eigenvalue weighted by Gasteiger charge is -2.12. The summed E-state index contributed by atoms with van der Waals surface area (Å²) in [4.78, 5) is 23.2. The largest absolute Gasteiger partial charge is 0.423 e. The maximum Gasteiger partial charge on any atom is 0.311 e. The summed E-state index contributed by atoms with van der Waals surface area (Å²) >= 11 is 0. The smallest absolute Gasteiger partial charge is 0.311 e. The molecule has 0 atom stereocenters. The Morgan fingerprint density at radius 2 is 1.48 bits per heavy atom. The summed E-state index contributed by atoms with van der Waals surface area (Å²) in [6.45, 7) is 5.96. The molecular formula is C17H24O4. The molecule has 0 fully saturated rings. The van der Waals surface area contributed by atoms with E-state index in [4.69, 9.17) is 9.47 Å². The van der Waals surface area contributed by atoms with Gasteiger partial charge in [0.1, 0.15) is 0 Å². The van der Waals surface area contributed by atoms with Crippen LogP contribution in [-0.4, -0.2) is 11.9 Å². The number of benzene rings is 1. The Kier molecular flexibility index (Phi) is 7.51. The van der Waals surface area contributed by atoms with E-state index in [0.29, 0.717) is 23.8 Å². The molecule has 0 spiro atoms. The fraction of sp³-hybridized carbons (Fsp3) is 0.529. The number of ether oxygens (including phenoxy) is 2. The van der Waals surface area contributed by atoms with Crippen LogP contribution in [-0.2, 0) is 9.59 Å². The first-order chi connectivity index (χ1) is 10.1. The number of carbonyl (C=O) groups is 2. The topological polar surface area (TPSA) is 52.6 Å². The van der Waals surface area contributed by atoms with Crippen molar-refractivity contribution >= 4 is 11.9 Å². The van der Waals surface area contributed by atoms with Gasteiger partial charge in [-0.1, -0.05) is 45.7 Å². The monoisotopic (exact) mass is 292 g/mol. The Balaban J connectivity index is 2.61. The molecule has 0 unspecified atom stereocenters. The Labute approximate surface area is 126 Å². The van der Waals surface area contributed by atoms with Crippen LogP contribution in [0.15, 0.2) is 24.3 Å². The molecule has 0 heterocycles. The lowest BCUT2D eigenvalue weighted by Crippen LogP contribution is -2.12. The highest BCUT2D eigenvalue weighted by Gasteiger charge is 2.14. The highest BCUT2D eigenvalue weighted by Crippen LogP contribution is 2.27. The molecule has 0 amide bonds. The summed E-state index contributed by atoms with van der Waals surface area (Å²) in [6.07, 6.45) is 3.60. The SMILES string of the molecule is CCC(=O)Oc1ccccc1OC(=O)CCC(CC)CC. The molecule has 1 aromatic rings. The van der Waals surface area contributed by atoms with Crippen molar-refractivity contribution < 1.29 is 19.1 Å². The van der Waals surface area contributed by atoms with Gasteiger partial charge in [0.25, 0.3) is 0 Å². The van der Waals surface area contributed by atoms with Crippen LogP contribution in [0.25, 0.3) is 0 Å². The van der Waals surface area contributed by atoms with Gasteiger partial charge >= 0.3 is 11.9 Å². The average Bonchev–Trinajstić information content (AvgIpc) is 2.50. The minimum atomic E-state index is -0.351. The molecule has 0 saturated heterocycles. The lowest BCUT2D eigenvalue weighted by atomic mass is 9.98. The first-order valence-electron chi connectivity index (χ1n) is 7.61. The van der Waals surface area contributed by atoms with Crippen LogP contribution >= 0.6 is 0 Å². The quantitative estimate of drug-likeness (QED) is 0.534. The van der Waals surface area contributed by atoms with Crippen molar-refractivity contribution in [3.8, 4) is 11.5 Å². The third-order valence-corrected chi connectivity index (χ3v) is 3.50. The van der Waals surface area contributed by atoms with E-state index in [2.05, 4.69) is 13.8 Å². The summed E-state index contributed by atoms with van der Waals surface area (Å²) in [7, 11) is 0. The van der Waals surface area contributed by atoms with Gasteiger partial charge in [0, 0.05) is 12.8 Å². The van der Waals surface area contributed by atoms with Gasteiger partial charge in [-0.3, -0.25) is 9.59 Å². The van der Waals surface area contributed by atoms with Crippen LogP contribution in [0.5, 0.6) is 11.5 Å². The zero-order valence-electron chi connectivity index (χ0n) is 13.1. The van der Waals surface area contributed by atoms with Crippen LogP contribution in [0.2, 0.25) is 0 Å². The summed E-state index contributed by atoms with van der Waals surface area (Å²) in [5.41, 5.74) is 0. The van der Waals surface area contributed by atoms with Gasteiger partial charge in [0.2, 0.25) is 0 Å². The van der Waals surface area contributed by atoms with Crippen molar-refractivity contribution in [3.63, 3.8) is 0 Å². The van der Waals surface area contributed by atoms with Crippen LogP contribution in [0.3, 0.4) is 0 Å². The number of hydrogen-bond donors (Lipinski definition) is 0.